The third kappa shape index (κ3) is 3.32. The first-order valence-corrected chi connectivity index (χ1v) is 5.96. The van der Waals surface area contributed by atoms with E-state index in [1.165, 1.54) is 12.1 Å². The van der Waals surface area contributed by atoms with Gasteiger partial charge in [0.2, 0.25) is 5.82 Å². The minimum absolute atomic E-state index is 0.255. The van der Waals surface area contributed by atoms with Crippen molar-refractivity contribution in [1.29, 1.82) is 0 Å². The Hall–Kier alpha value is -2.54. The van der Waals surface area contributed by atoms with Gasteiger partial charge in [-0.1, -0.05) is 11.6 Å². The lowest BCUT2D eigenvalue weighted by molar-refractivity contribution is -0.387. The van der Waals surface area contributed by atoms with Gasteiger partial charge in [-0.3, -0.25) is 14.9 Å². The summed E-state index contributed by atoms with van der Waals surface area (Å²) >= 11 is 5.71. The molecule has 0 aliphatic carbocycles. The molecule has 21 heavy (non-hydrogen) atoms. The van der Waals surface area contributed by atoms with Crippen LogP contribution < -0.4 is 5.32 Å². The number of nitrogens with zero attached hydrogens (tertiary/aromatic N) is 1. The fraction of sp³-hybridized carbons (Fsp3) is 0. The number of rotatable bonds is 3. The average molecular weight is 313 g/mol. The van der Waals surface area contributed by atoms with Gasteiger partial charge in [0.15, 0.2) is 0 Å². The van der Waals surface area contributed by atoms with Crippen LogP contribution in [0.1, 0.15) is 10.4 Å². The van der Waals surface area contributed by atoms with Gasteiger partial charge in [0.05, 0.1) is 15.5 Å². The number of carbonyl (C=O) groups is 1. The molecule has 2 rings (SSSR count). The lowest BCUT2D eigenvalue weighted by Crippen LogP contribution is -2.13. The van der Waals surface area contributed by atoms with Crippen molar-refractivity contribution in [3.63, 3.8) is 0 Å². The Morgan fingerprint density at radius 3 is 2.38 bits per heavy atom. The van der Waals surface area contributed by atoms with Crippen molar-refractivity contribution in [3.05, 3.63) is 68.7 Å². The molecular formula is C13H7ClF2N2O3. The standard InChI is InChI=1S/C13H7ClF2N2O3/c14-10-6-11(16)12(18(20)21)5-9(10)13(19)17-8-3-1-7(15)2-4-8/h1-6H,(H,17,19). The molecule has 0 atom stereocenters. The third-order valence-electron chi connectivity index (χ3n) is 2.58. The maximum atomic E-state index is 13.3. The monoisotopic (exact) mass is 312 g/mol. The summed E-state index contributed by atoms with van der Waals surface area (Å²) in [5, 5.41) is 12.8. The van der Waals surface area contributed by atoms with Gasteiger partial charge in [-0.2, -0.15) is 4.39 Å². The number of halogens is 3. The molecule has 2 aromatic carbocycles. The fourth-order valence-electron chi connectivity index (χ4n) is 1.58. The number of nitrogens with one attached hydrogen (secondary N) is 1. The van der Waals surface area contributed by atoms with Crippen LogP contribution in [0.15, 0.2) is 36.4 Å². The van der Waals surface area contributed by atoms with Crippen molar-refractivity contribution in [3.8, 4) is 0 Å². The van der Waals surface area contributed by atoms with E-state index in [4.69, 9.17) is 11.6 Å². The quantitative estimate of drug-likeness (QED) is 0.692. The largest absolute Gasteiger partial charge is 0.322 e. The Morgan fingerprint density at radius 1 is 1.19 bits per heavy atom. The van der Waals surface area contributed by atoms with Gasteiger partial charge in [-0.15, -0.1) is 0 Å². The molecule has 0 aliphatic rings. The maximum Gasteiger partial charge on any atom is 0.305 e. The Kier molecular flexibility index (Phi) is 4.13. The average Bonchev–Trinajstić information content (AvgIpc) is 2.40. The first-order valence-electron chi connectivity index (χ1n) is 5.59. The lowest BCUT2D eigenvalue weighted by atomic mass is 10.1. The molecule has 0 bridgehead atoms. The molecule has 0 spiro atoms. The summed E-state index contributed by atoms with van der Waals surface area (Å²) in [7, 11) is 0. The van der Waals surface area contributed by atoms with Gasteiger partial charge in [-0.05, 0) is 24.3 Å². The number of amides is 1. The molecule has 2 aromatic rings. The third-order valence-corrected chi connectivity index (χ3v) is 2.89. The number of nitro groups is 1. The molecule has 0 saturated heterocycles. The normalized spacial score (nSPS) is 10.2. The van der Waals surface area contributed by atoms with Gasteiger partial charge < -0.3 is 5.32 Å². The second-order valence-corrected chi connectivity index (χ2v) is 4.41. The topological polar surface area (TPSA) is 72.2 Å². The minimum Gasteiger partial charge on any atom is -0.322 e. The van der Waals surface area contributed by atoms with E-state index in [-0.39, 0.29) is 16.3 Å². The van der Waals surface area contributed by atoms with E-state index >= 15 is 0 Å². The fourth-order valence-corrected chi connectivity index (χ4v) is 1.82. The Labute approximate surface area is 122 Å². The first-order chi connectivity index (χ1) is 9.88. The van der Waals surface area contributed by atoms with E-state index in [0.717, 1.165) is 18.2 Å². The van der Waals surface area contributed by atoms with Crippen LogP contribution in [-0.2, 0) is 0 Å². The van der Waals surface area contributed by atoms with Crippen LogP contribution in [0.2, 0.25) is 5.02 Å². The number of benzene rings is 2. The molecule has 0 aliphatic heterocycles. The van der Waals surface area contributed by atoms with Crippen LogP contribution in [0.25, 0.3) is 0 Å². The van der Waals surface area contributed by atoms with Crippen molar-refractivity contribution >= 4 is 28.9 Å². The van der Waals surface area contributed by atoms with Crippen molar-refractivity contribution in [2.45, 2.75) is 0 Å². The highest BCUT2D eigenvalue weighted by Gasteiger charge is 2.21. The Morgan fingerprint density at radius 2 is 1.81 bits per heavy atom. The number of hydrogen-bond acceptors (Lipinski definition) is 3. The van der Waals surface area contributed by atoms with E-state index in [9.17, 15) is 23.7 Å². The van der Waals surface area contributed by atoms with Crippen molar-refractivity contribution < 1.29 is 18.5 Å². The maximum absolute atomic E-state index is 13.3. The summed E-state index contributed by atoms with van der Waals surface area (Å²) in [6.07, 6.45) is 0. The van der Waals surface area contributed by atoms with Crippen LogP contribution in [0.4, 0.5) is 20.2 Å². The SMILES string of the molecule is O=C(Nc1ccc(F)cc1)c1cc([N+](=O)[O-])c(F)cc1Cl. The molecule has 0 saturated carbocycles. The number of hydrogen-bond donors (Lipinski definition) is 1. The zero-order valence-corrected chi connectivity index (χ0v) is 11.0. The van der Waals surface area contributed by atoms with Gasteiger partial charge in [0.1, 0.15) is 5.82 Å². The Balaban J connectivity index is 2.32. The summed E-state index contributed by atoms with van der Waals surface area (Å²) in [4.78, 5) is 21.7. The van der Waals surface area contributed by atoms with Crippen LogP contribution >= 0.6 is 11.6 Å². The molecule has 0 radical (unpaired) electrons. The highest BCUT2D eigenvalue weighted by atomic mass is 35.5. The molecule has 0 heterocycles. The molecule has 8 heteroatoms. The Bertz CT molecular complexity index is 720. The van der Waals surface area contributed by atoms with Crippen LogP contribution in [0, 0.1) is 21.7 Å². The molecule has 0 aromatic heterocycles. The van der Waals surface area contributed by atoms with Crippen LogP contribution in [-0.4, -0.2) is 10.8 Å². The van der Waals surface area contributed by atoms with E-state index in [1.807, 2.05) is 0 Å². The molecule has 1 amide bonds. The van der Waals surface area contributed by atoms with Crippen molar-refractivity contribution in [1.82, 2.24) is 0 Å². The second kappa shape index (κ2) is 5.84. The summed E-state index contributed by atoms with van der Waals surface area (Å²) in [5.74, 6) is -2.39. The molecular weight excluding hydrogens is 306 g/mol. The summed E-state index contributed by atoms with van der Waals surface area (Å²) < 4.78 is 26.1. The first kappa shape index (κ1) is 14.9. The van der Waals surface area contributed by atoms with Gasteiger partial charge >= 0.3 is 5.69 Å². The van der Waals surface area contributed by atoms with Gasteiger partial charge in [-0.25, -0.2) is 4.39 Å². The van der Waals surface area contributed by atoms with Gasteiger partial charge in [0.25, 0.3) is 5.91 Å². The molecule has 0 unspecified atom stereocenters. The smallest absolute Gasteiger partial charge is 0.305 e. The molecule has 5 nitrogen and oxygen atoms in total. The number of carbonyl (C=O) groups excluding carboxylic acids is 1. The highest BCUT2D eigenvalue weighted by molar-refractivity contribution is 6.34. The number of anilines is 1. The summed E-state index contributed by atoms with van der Waals surface area (Å²) in [5.41, 5.74) is -0.845. The second-order valence-electron chi connectivity index (χ2n) is 4.00. The van der Waals surface area contributed by atoms with Crippen LogP contribution in [0.3, 0.4) is 0 Å². The van der Waals surface area contributed by atoms with Gasteiger partial charge in [0, 0.05) is 17.8 Å². The summed E-state index contributed by atoms with van der Waals surface area (Å²) in [6, 6.07) is 6.31. The van der Waals surface area contributed by atoms with E-state index < -0.39 is 28.2 Å². The molecule has 0 fully saturated rings. The van der Waals surface area contributed by atoms with Crippen molar-refractivity contribution in [2.75, 3.05) is 5.32 Å². The van der Waals surface area contributed by atoms with E-state index in [1.54, 1.807) is 0 Å². The summed E-state index contributed by atoms with van der Waals surface area (Å²) in [6.45, 7) is 0. The minimum atomic E-state index is -1.14. The zero-order chi connectivity index (χ0) is 15.6. The predicted octanol–water partition coefficient (Wildman–Crippen LogP) is 3.78. The van der Waals surface area contributed by atoms with Crippen molar-refractivity contribution in [2.24, 2.45) is 0 Å². The predicted molar refractivity (Wildman–Crippen MR) is 72.4 cm³/mol. The highest BCUT2D eigenvalue weighted by Crippen LogP contribution is 2.26. The molecule has 1 N–H and O–H groups in total. The van der Waals surface area contributed by atoms with E-state index in [0.29, 0.717) is 6.07 Å². The van der Waals surface area contributed by atoms with E-state index in [2.05, 4.69) is 5.32 Å². The lowest BCUT2D eigenvalue weighted by Gasteiger charge is -2.07. The van der Waals surface area contributed by atoms with Crippen LogP contribution in [0.5, 0.6) is 0 Å². The molecule has 108 valence electrons. The number of nitro benzene ring substituents is 1. The zero-order valence-electron chi connectivity index (χ0n) is 10.3.